The average molecular weight is 387 g/mol. The molecule has 2 aliphatic rings. The first-order chi connectivity index (χ1) is 13.1. The monoisotopic (exact) mass is 386 g/mol. The van der Waals surface area contributed by atoms with Crippen LogP contribution in [0, 0.1) is 0 Å². The smallest absolute Gasteiger partial charge is 0.291 e. The van der Waals surface area contributed by atoms with E-state index in [0.717, 1.165) is 50.6 Å². The Morgan fingerprint density at radius 2 is 1.93 bits per heavy atom. The summed E-state index contributed by atoms with van der Waals surface area (Å²) in [5.74, 6) is -0.184. The zero-order chi connectivity index (χ0) is 18.8. The molecule has 2 N–H and O–H groups in total. The van der Waals surface area contributed by atoms with E-state index in [4.69, 9.17) is 11.6 Å². The summed E-state index contributed by atoms with van der Waals surface area (Å²) in [7, 11) is 0. The van der Waals surface area contributed by atoms with Crippen molar-refractivity contribution >= 4 is 29.1 Å². The van der Waals surface area contributed by atoms with E-state index in [-0.39, 0.29) is 17.9 Å². The third-order valence-corrected chi connectivity index (χ3v) is 5.54. The van der Waals surface area contributed by atoms with Crippen LogP contribution in [0.1, 0.15) is 65.3 Å². The number of aromatic nitrogens is 2. The predicted molar refractivity (Wildman–Crippen MR) is 104 cm³/mol. The van der Waals surface area contributed by atoms with Crippen LogP contribution >= 0.6 is 11.6 Å². The number of amides is 2. The molecule has 0 spiro atoms. The minimum absolute atomic E-state index is 0.158. The number of nitrogens with zero attached hydrogens (tertiary/aromatic N) is 2. The molecule has 2 heterocycles. The maximum atomic E-state index is 12.8. The van der Waals surface area contributed by atoms with Gasteiger partial charge < -0.3 is 15.2 Å². The van der Waals surface area contributed by atoms with E-state index in [1.165, 1.54) is 0 Å². The fourth-order valence-corrected chi connectivity index (χ4v) is 4.17. The molecule has 0 radical (unpaired) electrons. The topological polar surface area (TPSA) is 76.0 Å². The molecular formula is C20H23ClN4O2. The highest BCUT2D eigenvalue weighted by Crippen LogP contribution is 2.24. The van der Waals surface area contributed by atoms with E-state index in [1.807, 2.05) is 4.57 Å². The van der Waals surface area contributed by atoms with Gasteiger partial charge in [-0.3, -0.25) is 9.59 Å². The molecule has 4 rings (SSSR count). The molecule has 0 atom stereocenters. The quantitative estimate of drug-likeness (QED) is 0.839. The number of hydrogen-bond donors (Lipinski definition) is 2. The van der Waals surface area contributed by atoms with Crippen LogP contribution < -0.4 is 10.6 Å². The Labute approximate surface area is 163 Å². The van der Waals surface area contributed by atoms with Gasteiger partial charge in [0.25, 0.3) is 11.8 Å². The number of anilines is 1. The molecule has 1 aliphatic heterocycles. The lowest BCUT2D eigenvalue weighted by molar-refractivity contribution is 0.0932. The van der Waals surface area contributed by atoms with Crippen LogP contribution in [0.25, 0.3) is 0 Å². The van der Waals surface area contributed by atoms with Crippen molar-refractivity contribution in [3.05, 3.63) is 46.5 Å². The second-order valence-corrected chi connectivity index (χ2v) is 7.70. The number of carbonyl (C=O) groups excluding carboxylic acids is 2. The summed E-state index contributed by atoms with van der Waals surface area (Å²) in [6.45, 7) is 0.706. The molecule has 7 heteroatoms. The van der Waals surface area contributed by atoms with Crippen molar-refractivity contribution in [1.82, 2.24) is 14.9 Å². The van der Waals surface area contributed by atoms with E-state index in [2.05, 4.69) is 15.6 Å². The first-order valence-corrected chi connectivity index (χ1v) is 9.97. The minimum atomic E-state index is -0.319. The lowest BCUT2D eigenvalue weighted by atomic mass is 10.1. The average Bonchev–Trinajstić information content (AvgIpc) is 3.29. The summed E-state index contributed by atoms with van der Waals surface area (Å²) in [5, 5.41) is 6.48. The van der Waals surface area contributed by atoms with Crippen molar-refractivity contribution in [1.29, 1.82) is 0 Å². The highest BCUT2D eigenvalue weighted by Gasteiger charge is 2.29. The zero-order valence-electron chi connectivity index (χ0n) is 15.1. The number of benzene rings is 1. The highest BCUT2D eigenvalue weighted by atomic mass is 35.5. The number of fused-ring (bicyclic) bond motifs is 1. The van der Waals surface area contributed by atoms with Gasteiger partial charge in [-0.25, -0.2) is 4.98 Å². The Balaban J connectivity index is 1.59. The standard InChI is InChI=1S/C20H23ClN4O2/c21-13-6-5-9-15(12-13)23-20(27)18-24-17(16-10-3-4-11-25(16)18)19(26)22-14-7-1-2-8-14/h5-6,9,12,14H,1-4,7-8,10-11H2,(H,22,26)(H,23,27). The zero-order valence-corrected chi connectivity index (χ0v) is 15.9. The van der Waals surface area contributed by atoms with E-state index in [0.29, 0.717) is 28.8 Å². The van der Waals surface area contributed by atoms with Crippen LogP contribution in [-0.4, -0.2) is 27.4 Å². The third kappa shape index (κ3) is 3.86. The summed E-state index contributed by atoms with van der Waals surface area (Å²) in [6, 6.07) is 7.21. The molecule has 6 nitrogen and oxygen atoms in total. The van der Waals surface area contributed by atoms with E-state index >= 15 is 0 Å². The molecule has 0 unspecified atom stereocenters. The lowest BCUT2D eigenvalue weighted by Crippen LogP contribution is -2.33. The summed E-state index contributed by atoms with van der Waals surface area (Å²) in [4.78, 5) is 30.0. The summed E-state index contributed by atoms with van der Waals surface area (Å²) < 4.78 is 1.90. The fraction of sp³-hybridized carbons (Fsp3) is 0.450. The highest BCUT2D eigenvalue weighted by molar-refractivity contribution is 6.30. The van der Waals surface area contributed by atoms with Crippen molar-refractivity contribution in [3.8, 4) is 0 Å². The maximum absolute atomic E-state index is 12.8. The van der Waals surface area contributed by atoms with E-state index in [9.17, 15) is 9.59 Å². The van der Waals surface area contributed by atoms with Gasteiger partial charge in [0, 0.05) is 23.3 Å². The van der Waals surface area contributed by atoms with Gasteiger partial charge in [0.2, 0.25) is 0 Å². The summed E-state index contributed by atoms with van der Waals surface area (Å²) >= 11 is 5.99. The molecule has 1 fully saturated rings. The molecule has 1 aromatic heterocycles. The molecule has 142 valence electrons. The van der Waals surface area contributed by atoms with Gasteiger partial charge in [0.05, 0.1) is 5.69 Å². The SMILES string of the molecule is O=C(NC1CCCC1)c1nc(C(=O)Nc2cccc(Cl)c2)n2c1CCCC2. The molecular weight excluding hydrogens is 364 g/mol. The number of imidazole rings is 1. The van der Waals surface area contributed by atoms with Gasteiger partial charge in [-0.1, -0.05) is 30.5 Å². The maximum Gasteiger partial charge on any atom is 0.291 e. The van der Waals surface area contributed by atoms with Crippen molar-refractivity contribution < 1.29 is 9.59 Å². The van der Waals surface area contributed by atoms with Crippen molar-refractivity contribution in [2.75, 3.05) is 5.32 Å². The molecule has 2 amide bonds. The summed E-state index contributed by atoms with van der Waals surface area (Å²) in [5.41, 5.74) is 1.88. The van der Waals surface area contributed by atoms with Crippen LogP contribution in [0.2, 0.25) is 5.02 Å². The van der Waals surface area contributed by atoms with Gasteiger partial charge >= 0.3 is 0 Å². The Kier molecular flexibility index (Phi) is 5.16. The van der Waals surface area contributed by atoms with Crippen LogP contribution in [-0.2, 0) is 13.0 Å². The van der Waals surface area contributed by atoms with Crippen molar-refractivity contribution in [2.24, 2.45) is 0 Å². The Morgan fingerprint density at radius 3 is 2.70 bits per heavy atom. The van der Waals surface area contributed by atoms with Crippen molar-refractivity contribution in [2.45, 2.75) is 57.5 Å². The minimum Gasteiger partial charge on any atom is -0.348 e. The molecule has 1 saturated carbocycles. The summed E-state index contributed by atoms with van der Waals surface area (Å²) in [6.07, 6.45) is 7.09. The third-order valence-electron chi connectivity index (χ3n) is 5.31. The van der Waals surface area contributed by atoms with Gasteiger partial charge in [-0.05, 0) is 50.3 Å². The number of nitrogens with one attached hydrogen (secondary N) is 2. The fourth-order valence-electron chi connectivity index (χ4n) is 3.98. The second-order valence-electron chi connectivity index (χ2n) is 7.26. The molecule has 27 heavy (non-hydrogen) atoms. The van der Waals surface area contributed by atoms with Crippen molar-refractivity contribution in [3.63, 3.8) is 0 Å². The first-order valence-electron chi connectivity index (χ1n) is 9.59. The van der Waals surface area contributed by atoms with E-state index in [1.54, 1.807) is 24.3 Å². The van der Waals surface area contributed by atoms with Gasteiger partial charge in [-0.2, -0.15) is 0 Å². The van der Waals surface area contributed by atoms with Crippen LogP contribution in [0.3, 0.4) is 0 Å². The molecule has 0 saturated heterocycles. The second kappa shape index (κ2) is 7.72. The Bertz CT molecular complexity index is 871. The van der Waals surface area contributed by atoms with Gasteiger partial charge in [0.1, 0.15) is 5.69 Å². The van der Waals surface area contributed by atoms with Gasteiger partial charge in [-0.15, -0.1) is 0 Å². The largest absolute Gasteiger partial charge is 0.348 e. The molecule has 1 aliphatic carbocycles. The Hall–Kier alpha value is -2.34. The van der Waals surface area contributed by atoms with Crippen LogP contribution in [0.15, 0.2) is 24.3 Å². The number of carbonyl (C=O) groups is 2. The molecule has 0 bridgehead atoms. The Morgan fingerprint density at radius 1 is 1.11 bits per heavy atom. The number of rotatable bonds is 4. The first kappa shape index (κ1) is 18.0. The molecule has 1 aromatic carbocycles. The van der Waals surface area contributed by atoms with Crippen LogP contribution in [0.5, 0.6) is 0 Å². The normalized spacial score (nSPS) is 16.8. The predicted octanol–water partition coefficient (Wildman–Crippen LogP) is 3.80. The lowest BCUT2D eigenvalue weighted by Gasteiger charge is -2.17. The number of halogens is 1. The molecule has 2 aromatic rings. The number of hydrogen-bond acceptors (Lipinski definition) is 3. The van der Waals surface area contributed by atoms with Gasteiger partial charge in [0.15, 0.2) is 5.82 Å². The van der Waals surface area contributed by atoms with Crippen LogP contribution in [0.4, 0.5) is 5.69 Å². The van der Waals surface area contributed by atoms with E-state index < -0.39 is 0 Å².